The number of anilines is 3. The molecule has 2 saturated heterocycles. The van der Waals surface area contributed by atoms with Crippen LogP contribution in [0.5, 0.6) is 0 Å². The van der Waals surface area contributed by atoms with Crippen molar-refractivity contribution < 1.29 is 14.3 Å². The van der Waals surface area contributed by atoms with Crippen LogP contribution in [-0.4, -0.2) is 67.1 Å². The van der Waals surface area contributed by atoms with Crippen LogP contribution in [0, 0.1) is 0 Å². The lowest BCUT2D eigenvalue weighted by Gasteiger charge is -2.32. The quantitative estimate of drug-likeness (QED) is 0.661. The fourth-order valence-corrected chi connectivity index (χ4v) is 3.94. The van der Waals surface area contributed by atoms with Crippen LogP contribution in [0.2, 0.25) is 0 Å². The number of aromatic nitrogens is 1. The molecule has 3 heterocycles. The minimum absolute atomic E-state index is 0.0136. The van der Waals surface area contributed by atoms with Gasteiger partial charge in [0.05, 0.1) is 24.5 Å². The SMILES string of the molecule is NC(=O)c1cnc(N2CCCC(N)C2)cc1Nc1ccc(C(=O)N2CCOCC2)cc1. The summed E-state index contributed by atoms with van der Waals surface area (Å²) >= 11 is 0. The Hall–Kier alpha value is -3.17. The van der Waals surface area contributed by atoms with Crippen molar-refractivity contribution in [2.45, 2.75) is 18.9 Å². The van der Waals surface area contributed by atoms with Crippen molar-refractivity contribution in [2.24, 2.45) is 11.5 Å². The number of ether oxygens (including phenoxy) is 1. The first-order chi connectivity index (χ1) is 15.0. The molecule has 0 bridgehead atoms. The van der Waals surface area contributed by atoms with Gasteiger partial charge in [0.2, 0.25) is 0 Å². The second kappa shape index (κ2) is 9.32. The Morgan fingerprint density at radius 1 is 1.13 bits per heavy atom. The molecule has 5 N–H and O–H groups in total. The first kappa shape index (κ1) is 21.1. The van der Waals surface area contributed by atoms with E-state index in [4.69, 9.17) is 16.2 Å². The molecule has 0 aliphatic carbocycles. The van der Waals surface area contributed by atoms with Crippen molar-refractivity contribution in [3.8, 4) is 0 Å². The molecule has 31 heavy (non-hydrogen) atoms. The zero-order chi connectivity index (χ0) is 21.8. The summed E-state index contributed by atoms with van der Waals surface area (Å²) in [5.74, 6) is 0.179. The Kier molecular flexibility index (Phi) is 6.34. The zero-order valence-electron chi connectivity index (χ0n) is 17.4. The van der Waals surface area contributed by atoms with Crippen LogP contribution in [0.15, 0.2) is 36.5 Å². The number of rotatable bonds is 5. The van der Waals surface area contributed by atoms with Crippen LogP contribution in [0.25, 0.3) is 0 Å². The molecule has 2 fully saturated rings. The van der Waals surface area contributed by atoms with Gasteiger partial charge in [0, 0.05) is 55.7 Å². The molecule has 2 aliphatic rings. The smallest absolute Gasteiger partial charge is 0.254 e. The maximum atomic E-state index is 12.6. The number of benzene rings is 1. The summed E-state index contributed by atoms with van der Waals surface area (Å²) in [4.78, 5) is 32.9. The first-order valence-corrected chi connectivity index (χ1v) is 10.6. The number of nitrogens with zero attached hydrogens (tertiary/aromatic N) is 3. The van der Waals surface area contributed by atoms with Gasteiger partial charge in [-0.15, -0.1) is 0 Å². The Balaban J connectivity index is 1.52. The molecule has 2 amide bonds. The minimum Gasteiger partial charge on any atom is -0.378 e. The molecule has 164 valence electrons. The highest BCUT2D eigenvalue weighted by molar-refractivity contribution is 5.99. The summed E-state index contributed by atoms with van der Waals surface area (Å²) in [6, 6.07) is 9.11. The maximum Gasteiger partial charge on any atom is 0.254 e. The van der Waals surface area contributed by atoms with E-state index in [1.165, 1.54) is 6.20 Å². The molecule has 1 unspecified atom stereocenters. The number of piperidine rings is 1. The van der Waals surface area contributed by atoms with E-state index in [0.29, 0.717) is 43.1 Å². The van der Waals surface area contributed by atoms with Crippen LogP contribution >= 0.6 is 0 Å². The number of nitrogens with two attached hydrogens (primary N) is 2. The standard InChI is InChI=1S/C22H28N6O3/c23-16-2-1-7-28(14-16)20-12-19(18(13-25-20)21(24)29)26-17-5-3-15(4-6-17)22(30)27-8-10-31-11-9-27/h3-6,12-13,16H,1-2,7-11,14,23H2,(H2,24,29)(H,25,26). The highest BCUT2D eigenvalue weighted by atomic mass is 16.5. The van der Waals surface area contributed by atoms with Crippen LogP contribution in [0.3, 0.4) is 0 Å². The van der Waals surface area contributed by atoms with Crippen molar-refractivity contribution in [3.63, 3.8) is 0 Å². The molecule has 2 aliphatic heterocycles. The number of amides is 2. The largest absolute Gasteiger partial charge is 0.378 e. The van der Waals surface area contributed by atoms with Crippen LogP contribution < -0.4 is 21.7 Å². The van der Waals surface area contributed by atoms with Gasteiger partial charge in [-0.3, -0.25) is 9.59 Å². The first-order valence-electron chi connectivity index (χ1n) is 10.6. The lowest BCUT2D eigenvalue weighted by Crippen LogP contribution is -2.43. The molecule has 0 saturated carbocycles. The van der Waals surface area contributed by atoms with Gasteiger partial charge in [-0.1, -0.05) is 0 Å². The van der Waals surface area contributed by atoms with Crippen LogP contribution in [-0.2, 0) is 4.74 Å². The molecule has 9 nitrogen and oxygen atoms in total. The van der Waals surface area contributed by atoms with Crippen molar-refractivity contribution in [1.82, 2.24) is 9.88 Å². The molecule has 1 aromatic carbocycles. The van der Waals surface area contributed by atoms with Gasteiger partial charge in [0.1, 0.15) is 5.82 Å². The lowest BCUT2D eigenvalue weighted by atomic mass is 10.1. The summed E-state index contributed by atoms with van der Waals surface area (Å²) in [7, 11) is 0. The van der Waals surface area contributed by atoms with E-state index in [1.54, 1.807) is 17.0 Å². The molecule has 0 spiro atoms. The average molecular weight is 425 g/mol. The molecular formula is C22H28N6O3. The number of nitrogens with one attached hydrogen (secondary N) is 1. The average Bonchev–Trinajstić information content (AvgIpc) is 2.79. The molecular weight excluding hydrogens is 396 g/mol. The fourth-order valence-electron chi connectivity index (χ4n) is 3.94. The number of carbonyl (C=O) groups excluding carboxylic acids is 2. The number of primary amides is 1. The Labute approximate surface area is 181 Å². The van der Waals surface area contributed by atoms with Crippen molar-refractivity contribution >= 4 is 29.0 Å². The second-order valence-corrected chi connectivity index (χ2v) is 7.91. The third kappa shape index (κ3) is 4.95. The Morgan fingerprint density at radius 2 is 1.87 bits per heavy atom. The van der Waals surface area contributed by atoms with E-state index in [2.05, 4.69) is 15.2 Å². The number of carbonyl (C=O) groups is 2. The molecule has 0 radical (unpaired) electrons. The van der Waals surface area contributed by atoms with Crippen molar-refractivity contribution in [2.75, 3.05) is 49.6 Å². The lowest BCUT2D eigenvalue weighted by molar-refractivity contribution is 0.0303. The van der Waals surface area contributed by atoms with E-state index in [-0.39, 0.29) is 11.9 Å². The minimum atomic E-state index is -0.559. The molecule has 1 atom stereocenters. The van der Waals surface area contributed by atoms with Crippen LogP contribution in [0.1, 0.15) is 33.6 Å². The summed E-state index contributed by atoms with van der Waals surface area (Å²) in [6.45, 7) is 3.91. The van der Waals surface area contributed by atoms with Crippen molar-refractivity contribution in [1.29, 1.82) is 0 Å². The predicted molar refractivity (Wildman–Crippen MR) is 119 cm³/mol. The van der Waals surface area contributed by atoms with Crippen molar-refractivity contribution in [3.05, 3.63) is 47.7 Å². The zero-order valence-corrected chi connectivity index (χ0v) is 17.4. The summed E-state index contributed by atoms with van der Waals surface area (Å²) in [5, 5.41) is 3.25. The highest BCUT2D eigenvalue weighted by Crippen LogP contribution is 2.26. The number of morpholine rings is 1. The van der Waals surface area contributed by atoms with E-state index < -0.39 is 5.91 Å². The summed E-state index contributed by atoms with van der Waals surface area (Å²) < 4.78 is 5.30. The number of hydrogen-bond acceptors (Lipinski definition) is 7. The topological polar surface area (TPSA) is 127 Å². The van der Waals surface area contributed by atoms with Crippen LogP contribution in [0.4, 0.5) is 17.2 Å². The maximum absolute atomic E-state index is 12.6. The van der Waals surface area contributed by atoms with E-state index in [0.717, 1.165) is 37.4 Å². The van der Waals surface area contributed by atoms with Gasteiger partial charge in [0.15, 0.2) is 0 Å². The Morgan fingerprint density at radius 3 is 2.55 bits per heavy atom. The molecule has 4 rings (SSSR count). The third-order valence-electron chi connectivity index (χ3n) is 5.65. The monoisotopic (exact) mass is 424 g/mol. The second-order valence-electron chi connectivity index (χ2n) is 7.91. The van der Waals surface area contributed by atoms with Gasteiger partial charge in [0.25, 0.3) is 11.8 Å². The molecule has 2 aromatic rings. The number of hydrogen-bond donors (Lipinski definition) is 3. The molecule has 9 heteroatoms. The third-order valence-corrected chi connectivity index (χ3v) is 5.65. The van der Waals surface area contributed by atoms with E-state index >= 15 is 0 Å². The highest BCUT2D eigenvalue weighted by Gasteiger charge is 2.21. The van der Waals surface area contributed by atoms with Gasteiger partial charge in [-0.2, -0.15) is 0 Å². The summed E-state index contributed by atoms with van der Waals surface area (Å²) in [5.41, 5.74) is 13.9. The van der Waals surface area contributed by atoms with Gasteiger partial charge < -0.3 is 31.3 Å². The summed E-state index contributed by atoms with van der Waals surface area (Å²) in [6.07, 6.45) is 3.49. The van der Waals surface area contributed by atoms with E-state index in [1.807, 2.05) is 18.2 Å². The predicted octanol–water partition coefficient (Wildman–Crippen LogP) is 1.32. The van der Waals surface area contributed by atoms with Gasteiger partial charge >= 0.3 is 0 Å². The van der Waals surface area contributed by atoms with Gasteiger partial charge in [-0.25, -0.2) is 4.98 Å². The fraction of sp³-hybridized carbons (Fsp3) is 0.409. The number of pyridine rings is 1. The Bertz CT molecular complexity index is 943. The van der Waals surface area contributed by atoms with Gasteiger partial charge in [-0.05, 0) is 37.1 Å². The van der Waals surface area contributed by atoms with E-state index in [9.17, 15) is 9.59 Å². The normalized spacial score (nSPS) is 19.2. The molecule has 1 aromatic heterocycles.